The van der Waals surface area contributed by atoms with Crippen LogP contribution in [0.1, 0.15) is 35.1 Å². The first-order valence-corrected chi connectivity index (χ1v) is 19.9. The number of benzene rings is 8. The largest absolute Gasteiger partial charge is 0.310 e. The van der Waals surface area contributed by atoms with Gasteiger partial charge in [0.15, 0.2) is 0 Å². The lowest BCUT2D eigenvalue weighted by Crippen LogP contribution is -2.22. The van der Waals surface area contributed by atoms with E-state index in [1.165, 1.54) is 87.3 Å². The average Bonchev–Trinajstić information content (AvgIpc) is 3.92. The van der Waals surface area contributed by atoms with Crippen LogP contribution in [0.3, 0.4) is 0 Å². The van der Waals surface area contributed by atoms with Gasteiger partial charge >= 0.3 is 0 Å². The van der Waals surface area contributed by atoms with E-state index in [1.807, 2.05) is 11.3 Å². The number of anilines is 6. The van der Waals surface area contributed by atoms with Crippen LogP contribution in [0.2, 0.25) is 0 Å². The van der Waals surface area contributed by atoms with Gasteiger partial charge in [-0.2, -0.15) is 0 Å². The van der Waals surface area contributed by atoms with Gasteiger partial charge < -0.3 is 9.80 Å². The highest BCUT2D eigenvalue weighted by molar-refractivity contribution is 7.25. The molecule has 258 valence electrons. The van der Waals surface area contributed by atoms with Gasteiger partial charge in [0, 0.05) is 59.7 Å². The molecule has 2 nitrogen and oxygen atoms in total. The van der Waals surface area contributed by atoms with Gasteiger partial charge in [-0.3, -0.25) is 0 Å². The summed E-state index contributed by atoms with van der Waals surface area (Å²) in [5.74, 6) is 0. The molecule has 0 radical (unpaired) electrons. The minimum Gasteiger partial charge on any atom is -0.310 e. The average molecular weight is 711 g/mol. The van der Waals surface area contributed by atoms with Crippen LogP contribution in [0.25, 0.3) is 30.9 Å². The van der Waals surface area contributed by atoms with Gasteiger partial charge in [-0.15, -0.1) is 11.3 Å². The molecule has 0 aliphatic heterocycles. The number of hydrogen-bond acceptors (Lipinski definition) is 3. The van der Waals surface area contributed by atoms with Gasteiger partial charge in [0.1, 0.15) is 0 Å². The molecule has 2 aliphatic rings. The Bertz CT molecular complexity index is 2850. The molecule has 0 fully saturated rings. The molecule has 54 heavy (non-hydrogen) atoms. The fourth-order valence-electron chi connectivity index (χ4n) is 9.46. The fraction of sp³-hybridized carbons (Fsp3) is 0.0980. The van der Waals surface area contributed by atoms with Crippen LogP contribution in [0.4, 0.5) is 34.1 Å². The standard InChI is InChI=1S/C51H38N2S/c1-3-13-39(14-4-1)52(41-22-19-35-11-7-8-12-38(35)31-41)42-23-20-36-27-29-51(47(36)32-42)30-28-37-21-24-43(33-48(37)51)53(40-15-5-2-6-16-40)44-25-26-46-45-17-9-10-18-49(45)54-50(46)34-44/h1-26,31-34H,27-30H2/t51-/m1/s1. The van der Waals surface area contributed by atoms with E-state index >= 15 is 0 Å². The smallest absolute Gasteiger partial charge is 0.0476 e. The van der Waals surface area contributed by atoms with Gasteiger partial charge in [0.2, 0.25) is 0 Å². The summed E-state index contributed by atoms with van der Waals surface area (Å²) in [4.78, 5) is 4.89. The van der Waals surface area contributed by atoms with Crippen molar-refractivity contribution < 1.29 is 0 Å². The summed E-state index contributed by atoms with van der Waals surface area (Å²) >= 11 is 1.88. The fourth-order valence-corrected chi connectivity index (χ4v) is 10.6. The first kappa shape index (κ1) is 31.4. The molecule has 1 spiro atoms. The normalized spacial score (nSPS) is 15.9. The van der Waals surface area contributed by atoms with Crippen molar-refractivity contribution in [3.8, 4) is 0 Å². The maximum atomic E-state index is 2.53. The van der Waals surface area contributed by atoms with E-state index in [2.05, 4.69) is 192 Å². The van der Waals surface area contributed by atoms with Crippen molar-refractivity contribution in [2.24, 2.45) is 0 Å². The van der Waals surface area contributed by atoms with Gasteiger partial charge in [0.05, 0.1) is 0 Å². The Morgan fingerprint density at radius 2 is 0.870 bits per heavy atom. The number of rotatable bonds is 6. The Hall–Kier alpha value is -6.16. The summed E-state index contributed by atoms with van der Waals surface area (Å²) in [6.07, 6.45) is 4.49. The van der Waals surface area contributed by atoms with Crippen LogP contribution >= 0.6 is 11.3 Å². The minimum atomic E-state index is -0.0137. The topological polar surface area (TPSA) is 6.48 Å². The van der Waals surface area contributed by atoms with Crippen LogP contribution in [-0.2, 0) is 18.3 Å². The maximum Gasteiger partial charge on any atom is 0.0476 e. The van der Waals surface area contributed by atoms with E-state index in [4.69, 9.17) is 0 Å². The lowest BCUT2D eigenvalue weighted by molar-refractivity contribution is 0.507. The third-order valence-electron chi connectivity index (χ3n) is 12.0. The zero-order chi connectivity index (χ0) is 35.6. The molecular formula is C51H38N2S. The lowest BCUT2D eigenvalue weighted by Gasteiger charge is -2.31. The summed E-state index contributed by atoms with van der Waals surface area (Å²) < 4.78 is 2.65. The molecule has 0 amide bonds. The van der Waals surface area contributed by atoms with E-state index in [9.17, 15) is 0 Å². The number of nitrogens with zero attached hydrogens (tertiary/aromatic N) is 2. The summed E-state index contributed by atoms with van der Waals surface area (Å²) in [6, 6.07) is 67.6. The van der Waals surface area contributed by atoms with Crippen LogP contribution in [0.5, 0.6) is 0 Å². The second kappa shape index (κ2) is 12.5. The predicted molar refractivity (Wildman–Crippen MR) is 230 cm³/mol. The van der Waals surface area contributed by atoms with Crippen LogP contribution in [-0.4, -0.2) is 0 Å². The first-order valence-electron chi connectivity index (χ1n) is 19.1. The summed E-state index contributed by atoms with van der Waals surface area (Å²) in [6.45, 7) is 0. The Morgan fingerprint density at radius 3 is 1.54 bits per heavy atom. The Kier molecular flexibility index (Phi) is 7.25. The first-order chi connectivity index (χ1) is 26.7. The van der Waals surface area contributed by atoms with Gasteiger partial charge in [-0.1, -0.05) is 103 Å². The molecule has 0 bridgehead atoms. The molecule has 0 N–H and O–H groups in total. The Labute approximate surface area is 320 Å². The molecule has 9 aromatic rings. The Morgan fingerprint density at radius 1 is 0.370 bits per heavy atom. The molecule has 2 aliphatic carbocycles. The summed E-state index contributed by atoms with van der Waals surface area (Å²) in [5, 5.41) is 5.17. The van der Waals surface area contributed by atoms with E-state index < -0.39 is 0 Å². The van der Waals surface area contributed by atoms with Crippen molar-refractivity contribution in [3.63, 3.8) is 0 Å². The highest BCUT2D eigenvalue weighted by Crippen LogP contribution is 2.55. The second-order valence-electron chi connectivity index (χ2n) is 14.9. The van der Waals surface area contributed by atoms with Crippen molar-refractivity contribution in [1.82, 2.24) is 0 Å². The van der Waals surface area contributed by atoms with Crippen LogP contribution in [0.15, 0.2) is 182 Å². The van der Waals surface area contributed by atoms with E-state index in [0.717, 1.165) is 25.7 Å². The highest BCUT2D eigenvalue weighted by atomic mass is 32.1. The number of aryl methyl sites for hydroxylation is 2. The zero-order valence-electron chi connectivity index (χ0n) is 30.0. The van der Waals surface area contributed by atoms with Crippen molar-refractivity contribution >= 4 is 76.4 Å². The Balaban J connectivity index is 1.04. The SMILES string of the molecule is c1ccc(N(c2ccc3c(c2)[C@@]2(CC3)CCc3ccc(N(c4ccccc4)c4ccc5c(c4)sc4ccccc45)cc32)c2ccc3ccccc3c2)cc1. The summed E-state index contributed by atoms with van der Waals surface area (Å²) in [7, 11) is 0. The van der Waals surface area contributed by atoms with E-state index in [-0.39, 0.29) is 5.41 Å². The monoisotopic (exact) mass is 710 g/mol. The van der Waals surface area contributed by atoms with Crippen LogP contribution in [0, 0.1) is 0 Å². The van der Waals surface area contributed by atoms with Crippen LogP contribution < -0.4 is 9.80 Å². The molecule has 0 saturated heterocycles. The third kappa shape index (κ3) is 4.99. The molecule has 0 saturated carbocycles. The maximum absolute atomic E-state index is 2.53. The number of thiophene rings is 1. The number of para-hydroxylation sites is 2. The summed E-state index contributed by atoms with van der Waals surface area (Å²) in [5.41, 5.74) is 13.1. The quantitative estimate of drug-likeness (QED) is 0.169. The molecule has 3 heteroatoms. The van der Waals surface area contributed by atoms with Crippen molar-refractivity contribution in [2.45, 2.75) is 31.1 Å². The zero-order valence-corrected chi connectivity index (χ0v) is 30.8. The van der Waals surface area contributed by atoms with Crippen molar-refractivity contribution in [2.75, 3.05) is 9.80 Å². The molecule has 1 aromatic heterocycles. The van der Waals surface area contributed by atoms with Gasteiger partial charge in [-0.25, -0.2) is 0 Å². The van der Waals surface area contributed by atoms with Crippen molar-refractivity contribution in [1.29, 1.82) is 0 Å². The number of hydrogen-bond donors (Lipinski definition) is 0. The molecule has 1 atom stereocenters. The van der Waals surface area contributed by atoms with Gasteiger partial charge in [-0.05, 0) is 138 Å². The minimum absolute atomic E-state index is 0.0137. The van der Waals surface area contributed by atoms with E-state index in [0.29, 0.717) is 0 Å². The molecule has 11 rings (SSSR count). The molecular weight excluding hydrogens is 673 g/mol. The predicted octanol–water partition coefficient (Wildman–Crippen LogP) is 14.3. The van der Waals surface area contributed by atoms with Crippen molar-refractivity contribution in [3.05, 3.63) is 204 Å². The highest BCUT2D eigenvalue weighted by Gasteiger charge is 2.45. The molecule has 0 unspecified atom stereocenters. The molecule has 8 aromatic carbocycles. The second-order valence-corrected chi connectivity index (χ2v) is 16.0. The lowest BCUT2D eigenvalue weighted by atomic mass is 9.76. The van der Waals surface area contributed by atoms with E-state index in [1.54, 1.807) is 0 Å². The number of fused-ring (bicyclic) bond motifs is 8. The van der Waals surface area contributed by atoms with Gasteiger partial charge in [0.25, 0.3) is 0 Å². The molecule has 1 heterocycles. The third-order valence-corrected chi connectivity index (χ3v) is 13.2.